The van der Waals surface area contributed by atoms with Crippen LogP contribution in [-0.4, -0.2) is 30.2 Å². The first-order valence-corrected chi connectivity index (χ1v) is 6.20. The van der Waals surface area contributed by atoms with E-state index >= 15 is 0 Å². The van der Waals surface area contributed by atoms with E-state index in [-0.39, 0.29) is 16.7 Å². The van der Waals surface area contributed by atoms with Gasteiger partial charge < -0.3 is 15.2 Å². The molecule has 0 aliphatic carbocycles. The number of anilines is 1. The van der Waals surface area contributed by atoms with Crippen molar-refractivity contribution in [3.8, 4) is 0 Å². The Morgan fingerprint density at radius 2 is 2.29 bits per heavy atom. The van der Waals surface area contributed by atoms with Crippen LogP contribution in [0.25, 0.3) is 0 Å². The summed E-state index contributed by atoms with van der Waals surface area (Å²) < 4.78 is 5.23. The summed E-state index contributed by atoms with van der Waals surface area (Å²) in [6, 6.07) is 3.09. The summed E-state index contributed by atoms with van der Waals surface area (Å²) in [5.74, 6) is -1.20. The predicted octanol–water partition coefficient (Wildman–Crippen LogP) is 1.81. The molecule has 1 fully saturated rings. The first-order chi connectivity index (χ1) is 8.16. The van der Waals surface area contributed by atoms with E-state index in [9.17, 15) is 9.59 Å². The lowest BCUT2D eigenvalue weighted by atomic mass is 10.0. The van der Waals surface area contributed by atoms with Crippen molar-refractivity contribution in [3.05, 3.63) is 17.0 Å². The summed E-state index contributed by atoms with van der Waals surface area (Å²) in [4.78, 5) is 22.7. The molecule has 1 aliphatic heterocycles. The molecule has 1 saturated heterocycles. The number of ether oxygens (including phenoxy) is 1. The SMILES string of the molecule is O=C(O)c1ccc(NC(=O)C2CCCOC2)s1. The topological polar surface area (TPSA) is 75.6 Å². The van der Waals surface area contributed by atoms with Crippen LogP contribution in [0.5, 0.6) is 0 Å². The second-order valence-electron chi connectivity index (χ2n) is 3.87. The molecule has 1 amide bonds. The highest BCUT2D eigenvalue weighted by Crippen LogP contribution is 2.23. The van der Waals surface area contributed by atoms with Crippen LogP contribution in [0.2, 0.25) is 0 Å². The van der Waals surface area contributed by atoms with E-state index in [0.29, 0.717) is 18.2 Å². The fraction of sp³-hybridized carbons (Fsp3) is 0.455. The van der Waals surface area contributed by atoms with Gasteiger partial charge in [-0.05, 0) is 25.0 Å². The Morgan fingerprint density at radius 1 is 1.47 bits per heavy atom. The van der Waals surface area contributed by atoms with Gasteiger partial charge in [0.05, 0.1) is 17.5 Å². The number of nitrogens with one attached hydrogen (secondary N) is 1. The second kappa shape index (κ2) is 5.29. The number of carbonyl (C=O) groups excluding carboxylic acids is 1. The maximum atomic E-state index is 11.8. The Morgan fingerprint density at radius 3 is 2.88 bits per heavy atom. The number of carbonyl (C=O) groups is 2. The maximum Gasteiger partial charge on any atom is 0.345 e. The second-order valence-corrected chi connectivity index (χ2v) is 4.96. The maximum absolute atomic E-state index is 11.8. The molecule has 2 heterocycles. The van der Waals surface area contributed by atoms with Crippen LogP contribution in [0, 0.1) is 5.92 Å². The van der Waals surface area contributed by atoms with Crippen LogP contribution < -0.4 is 5.32 Å². The first-order valence-electron chi connectivity index (χ1n) is 5.38. The van der Waals surface area contributed by atoms with E-state index in [0.717, 1.165) is 24.2 Å². The average molecular weight is 255 g/mol. The molecule has 1 aromatic heterocycles. The molecule has 1 aromatic rings. The number of carboxylic acids is 1. The van der Waals surface area contributed by atoms with Crippen molar-refractivity contribution in [2.24, 2.45) is 5.92 Å². The summed E-state index contributed by atoms with van der Waals surface area (Å²) in [5.41, 5.74) is 0. The van der Waals surface area contributed by atoms with Crippen LogP contribution in [-0.2, 0) is 9.53 Å². The lowest BCUT2D eigenvalue weighted by molar-refractivity contribution is -0.123. The molecule has 2 N–H and O–H groups in total. The molecular weight excluding hydrogens is 242 g/mol. The Bertz CT molecular complexity index is 423. The van der Waals surface area contributed by atoms with Crippen LogP contribution in [0.3, 0.4) is 0 Å². The third kappa shape index (κ3) is 3.04. The molecule has 0 spiro atoms. The quantitative estimate of drug-likeness (QED) is 0.863. The fourth-order valence-electron chi connectivity index (χ4n) is 1.69. The average Bonchev–Trinajstić information content (AvgIpc) is 2.79. The fourth-order valence-corrected chi connectivity index (χ4v) is 2.44. The Balaban J connectivity index is 1.94. The smallest absolute Gasteiger partial charge is 0.345 e. The molecule has 0 saturated carbocycles. The molecule has 6 heteroatoms. The third-order valence-electron chi connectivity index (χ3n) is 2.59. The lowest BCUT2D eigenvalue weighted by Gasteiger charge is -2.20. The van der Waals surface area contributed by atoms with Crippen LogP contribution in [0.1, 0.15) is 22.5 Å². The number of thiophene rings is 1. The molecule has 2 rings (SSSR count). The van der Waals surface area contributed by atoms with Crippen LogP contribution in [0.15, 0.2) is 12.1 Å². The largest absolute Gasteiger partial charge is 0.477 e. The summed E-state index contributed by atoms with van der Waals surface area (Å²) in [5, 5.41) is 12.0. The molecule has 5 nitrogen and oxygen atoms in total. The van der Waals surface area contributed by atoms with Crippen LogP contribution >= 0.6 is 11.3 Å². The van der Waals surface area contributed by atoms with Gasteiger partial charge in [0.1, 0.15) is 4.88 Å². The van der Waals surface area contributed by atoms with Gasteiger partial charge in [-0.15, -0.1) is 11.3 Å². The summed E-state index contributed by atoms with van der Waals surface area (Å²) in [7, 11) is 0. The zero-order chi connectivity index (χ0) is 12.3. The summed E-state index contributed by atoms with van der Waals surface area (Å²) in [6.07, 6.45) is 1.71. The highest BCUT2D eigenvalue weighted by molar-refractivity contribution is 7.18. The van der Waals surface area contributed by atoms with Crippen molar-refractivity contribution in [1.82, 2.24) is 0 Å². The Labute approximate surface area is 102 Å². The molecule has 1 unspecified atom stereocenters. The van der Waals surface area contributed by atoms with Crippen molar-refractivity contribution >= 4 is 28.2 Å². The summed E-state index contributed by atoms with van der Waals surface area (Å²) >= 11 is 1.06. The molecule has 1 atom stereocenters. The van der Waals surface area contributed by atoms with Gasteiger partial charge in [0.15, 0.2) is 0 Å². The molecule has 0 aromatic carbocycles. The van der Waals surface area contributed by atoms with Gasteiger partial charge in [0.2, 0.25) is 5.91 Å². The van der Waals surface area contributed by atoms with Gasteiger partial charge in [-0.25, -0.2) is 4.79 Å². The molecule has 0 radical (unpaired) electrons. The molecule has 17 heavy (non-hydrogen) atoms. The summed E-state index contributed by atoms with van der Waals surface area (Å²) in [6.45, 7) is 1.16. The minimum Gasteiger partial charge on any atom is -0.477 e. The Kier molecular flexibility index (Phi) is 3.75. The number of aromatic carboxylic acids is 1. The minimum absolute atomic E-state index is 0.0940. The van der Waals surface area contributed by atoms with E-state index < -0.39 is 5.97 Å². The van der Waals surface area contributed by atoms with Gasteiger partial charge >= 0.3 is 5.97 Å². The van der Waals surface area contributed by atoms with Gasteiger partial charge in [-0.1, -0.05) is 0 Å². The minimum atomic E-state index is -0.975. The van der Waals surface area contributed by atoms with Crippen LogP contribution in [0.4, 0.5) is 5.00 Å². The highest BCUT2D eigenvalue weighted by atomic mass is 32.1. The van der Waals surface area contributed by atoms with Crippen molar-refractivity contribution in [2.45, 2.75) is 12.8 Å². The van der Waals surface area contributed by atoms with E-state index in [2.05, 4.69) is 5.32 Å². The first kappa shape index (κ1) is 12.1. The zero-order valence-electron chi connectivity index (χ0n) is 9.14. The van der Waals surface area contributed by atoms with E-state index in [1.165, 1.54) is 6.07 Å². The van der Waals surface area contributed by atoms with Gasteiger partial charge in [-0.2, -0.15) is 0 Å². The predicted molar refractivity (Wildman–Crippen MR) is 63.5 cm³/mol. The molecule has 0 bridgehead atoms. The van der Waals surface area contributed by atoms with Gasteiger partial charge in [-0.3, -0.25) is 4.79 Å². The number of carboxylic acid groups (broad SMARTS) is 1. The molecular formula is C11H13NO4S. The third-order valence-corrected chi connectivity index (χ3v) is 3.58. The van der Waals surface area contributed by atoms with Crippen molar-refractivity contribution < 1.29 is 19.4 Å². The zero-order valence-corrected chi connectivity index (χ0v) is 9.96. The van der Waals surface area contributed by atoms with E-state index in [1.807, 2.05) is 0 Å². The highest BCUT2D eigenvalue weighted by Gasteiger charge is 2.22. The van der Waals surface area contributed by atoms with E-state index in [4.69, 9.17) is 9.84 Å². The number of hydrogen-bond acceptors (Lipinski definition) is 4. The van der Waals surface area contributed by atoms with Gasteiger partial charge in [0, 0.05) is 6.61 Å². The monoisotopic (exact) mass is 255 g/mol. The van der Waals surface area contributed by atoms with Crippen molar-refractivity contribution in [1.29, 1.82) is 0 Å². The van der Waals surface area contributed by atoms with E-state index in [1.54, 1.807) is 6.07 Å². The van der Waals surface area contributed by atoms with Crippen molar-refractivity contribution in [2.75, 3.05) is 18.5 Å². The molecule has 1 aliphatic rings. The number of rotatable bonds is 3. The van der Waals surface area contributed by atoms with Gasteiger partial charge in [0.25, 0.3) is 0 Å². The number of hydrogen-bond donors (Lipinski definition) is 2. The standard InChI is InChI=1S/C11H13NO4S/c13-10(7-2-1-5-16-6-7)12-9-4-3-8(17-9)11(14)15/h3-4,7H,1-2,5-6H2,(H,12,13)(H,14,15). The number of amides is 1. The lowest BCUT2D eigenvalue weighted by Crippen LogP contribution is -2.29. The normalized spacial score (nSPS) is 19.9. The Hall–Kier alpha value is -1.40. The van der Waals surface area contributed by atoms with Crippen molar-refractivity contribution in [3.63, 3.8) is 0 Å². The molecule has 92 valence electrons.